The fraction of sp³-hybridized carbons (Fsp3) is 0.207. The number of carbonyl (C=O) groups excluding carboxylic acids is 3. The average Bonchev–Trinajstić information content (AvgIpc) is 2.95. The molecule has 204 valence electrons. The van der Waals surface area contributed by atoms with Gasteiger partial charge in [0.25, 0.3) is 11.8 Å². The van der Waals surface area contributed by atoms with Crippen molar-refractivity contribution in [3.8, 4) is 17.6 Å². The lowest BCUT2D eigenvalue weighted by Crippen LogP contribution is -2.50. The molecule has 39 heavy (non-hydrogen) atoms. The Hall–Kier alpha value is -4.69. The van der Waals surface area contributed by atoms with E-state index in [0.29, 0.717) is 23.4 Å². The van der Waals surface area contributed by atoms with Crippen LogP contribution in [0.25, 0.3) is 0 Å². The van der Waals surface area contributed by atoms with E-state index in [1.165, 1.54) is 5.48 Å². The van der Waals surface area contributed by atoms with Crippen LogP contribution in [0.3, 0.4) is 0 Å². The summed E-state index contributed by atoms with van der Waals surface area (Å²) < 4.78 is 5.20. The fourth-order valence-corrected chi connectivity index (χ4v) is 3.35. The van der Waals surface area contributed by atoms with Gasteiger partial charge in [-0.25, -0.2) is 5.48 Å². The summed E-state index contributed by atoms with van der Waals surface area (Å²) in [6, 6.07) is 20.2. The second kappa shape index (κ2) is 15.5. The summed E-state index contributed by atoms with van der Waals surface area (Å²) in [5, 5.41) is 17.1. The van der Waals surface area contributed by atoms with Gasteiger partial charge >= 0.3 is 0 Å². The number of rotatable bonds is 10. The number of ether oxygens (including phenoxy) is 1. The Morgan fingerprint density at radius 2 is 1.62 bits per heavy atom. The van der Waals surface area contributed by atoms with Gasteiger partial charge in [-0.15, -0.1) is 0 Å². The van der Waals surface area contributed by atoms with E-state index in [-0.39, 0.29) is 26.4 Å². The fourth-order valence-electron chi connectivity index (χ4n) is 3.35. The summed E-state index contributed by atoms with van der Waals surface area (Å²) in [6.07, 6.45) is 0. The Bertz CT molecular complexity index is 1310. The van der Waals surface area contributed by atoms with Crippen molar-refractivity contribution in [1.29, 1.82) is 0 Å². The molecule has 0 unspecified atom stereocenters. The highest BCUT2D eigenvalue weighted by Gasteiger charge is 2.19. The number of carbonyl (C=O) groups is 3. The lowest BCUT2D eigenvalue weighted by molar-refractivity contribution is -0.130. The van der Waals surface area contributed by atoms with Crippen LogP contribution in [0.1, 0.15) is 34.5 Å². The standard InChI is InChI=1S/C28H29N5O5.CH4/c1-38-24-4-2-3-21(15-24)17-30-18-26(34)31-23-13-9-20(10-14-23)6-5-19-7-11-22(12-8-19)27(35)32-25(16-29)28(36)33-37;/h2-4,7-15,25,30,37H,16-18,29H2,1H3,(H,31,34)(H,32,35)(H,33,36);1H4/t25-;/m0./s1. The van der Waals surface area contributed by atoms with Crippen molar-refractivity contribution in [2.75, 3.05) is 25.5 Å². The third kappa shape index (κ3) is 9.60. The predicted molar refractivity (Wildman–Crippen MR) is 149 cm³/mol. The second-order valence-electron chi connectivity index (χ2n) is 8.15. The number of nitrogens with two attached hydrogens (primary N) is 1. The van der Waals surface area contributed by atoms with E-state index in [4.69, 9.17) is 15.7 Å². The molecule has 3 aromatic rings. The average molecular weight is 532 g/mol. The van der Waals surface area contributed by atoms with Gasteiger partial charge in [0, 0.05) is 35.5 Å². The molecule has 10 nitrogen and oxygen atoms in total. The van der Waals surface area contributed by atoms with Crippen molar-refractivity contribution < 1.29 is 24.3 Å². The smallest absolute Gasteiger partial charge is 0.267 e. The molecule has 0 radical (unpaired) electrons. The molecular weight excluding hydrogens is 498 g/mol. The van der Waals surface area contributed by atoms with Crippen LogP contribution in [0.2, 0.25) is 0 Å². The van der Waals surface area contributed by atoms with Gasteiger partial charge in [0.15, 0.2) is 0 Å². The van der Waals surface area contributed by atoms with E-state index in [0.717, 1.165) is 16.9 Å². The molecule has 0 aromatic heterocycles. The Morgan fingerprint density at radius 3 is 2.21 bits per heavy atom. The van der Waals surface area contributed by atoms with E-state index in [1.54, 1.807) is 55.6 Å². The van der Waals surface area contributed by atoms with E-state index in [9.17, 15) is 14.4 Å². The molecule has 0 aliphatic rings. The monoisotopic (exact) mass is 531 g/mol. The maximum Gasteiger partial charge on any atom is 0.267 e. The molecule has 0 bridgehead atoms. The Kier molecular flexibility index (Phi) is 12.2. The van der Waals surface area contributed by atoms with Gasteiger partial charge in [-0.1, -0.05) is 31.4 Å². The number of nitrogens with one attached hydrogen (secondary N) is 4. The van der Waals surface area contributed by atoms with E-state index in [1.807, 2.05) is 24.3 Å². The summed E-state index contributed by atoms with van der Waals surface area (Å²) in [5.41, 5.74) is 10.3. The van der Waals surface area contributed by atoms with Crippen LogP contribution >= 0.6 is 0 Å². The van der Waals surface area contributed by atoms with Gasteiger partial charge in [-0.2, -0.15) is 0 Å². The normalized spacial score (nSPS) is 10.6. The molecule has 0 spiro atoms. The molecule has 1 atom stereocenters. The molecule has 0 saturated heterocycles. The number of methoxy groups -OCH3 is 1. The van der Waals surface area contributed by atoms with E-state index >= 15 is 0 Å². The molecule has 0 fully saturated rings. The first-order valence-electron chi connectivity index (χ1n) is 11.7. The molecule has 0 aliphatic heterocycles. The van der Waals surface area contributed by atoms with Crippen LogP contribution in [0.15, 0.2) is 72.8 Å². The van der Waals surface area contributed by atoms with Crippen molar-refractivity contribution in [3.05, 3.63) is 95.1 Å². The van der Waals surface area contributed by atoms with Crippen molar-refractivity contribution in [3.63, 3.8) is 0 Å². The number of benzene rings is 3. The van der Waals surface area contributed by atoms with E-state index in [2.05, 4.69) is 27.8 Å². The van der Waals surface area contributed by atoms with Crippen molar-refractivity contribution in [2.24, 2.45) is 5.73 Å². The zero-order valence-electron chi connectivity index (χ0n) is 20.8. The highest BCUT2D eigenvalue weighted by atomic mass is 16.5. The minimum absolute atomic E-state index is 0. The minimum atomic E-state index is -1.05. The van der Waals surface area contributed by atoms with Crippen LogP contribution in [0.4, 0.5) is 5.69 Å². The maximum absolute atomic E-state index is 12.3. The predicted octanol–water partition coefficient (Wildman–Crippen LogP) is 2.02. The van der Waals surface area contributed by atoms with E-state index < -0.39 is 17.9 Å². The van der Waals surface area contributed by atoms with Gasteiger partial charge in [0.2, 0.25) is 5.91 Å². The molecule has 0 saturated carbocycles. The highest BCUT2D eigenvalue weighted by Crippen LogP contribution is 2.12. The summed E-state index contributed by atoms with van der Waals surface area (Å²) in [4.78, 5) is 36.0. The largest absolute Gasteiger partial charge is 0.497 e. The minimum Gasteiger partial charge on any atom is -0.497 e. The first-order chi connectivity index (χ1) is 18.4. The van der Waals surface area contributed by atoms with Gasteiger partial charge < -0.3 is 26.4 Å². The topological polar surface area (TPSA) is 155 Å². The SMILES string of the molecule is C.COc1cccc(CNCC(=O)Nc2ccc(C#Cc3ccc(C(=O)N[C@@H](CN)C(=O)NO)cc3)cc2)c1. The number of anilines is 1. The van der Waals surface area contributed by atoms with Gasteiger partial charge in [-0.05, 0) is 66.2 Å². The lowest BCUT2D eigenvalue weighted by Gasteiger charge is -2.14. The van der Waals surface area contributed by atoms with Crippen molar-refractivity contribution in [2.45, 2.75) is 20.0 Å². The van der Waals surface area contributed by atoms with Gasteiger partial charge in [-0.3, -0.25) is 19.6 Å². The molecule has 3 rings (SSSR count). The van der Waals surface area contributed by atoms with Crippen LogP contribution in [0, 0.1) is 11.8 Å². The zero-order chi connectivity index (χ0) is 27.3. The molecule has 7 N–H and O–H groups in total. The Balaban J connectivity index is 0.00000533. The number of hydrogen-bond acceptors (Lipinski definition) is 7. The third-order valence-electron chi connectivity index (χ3n) is 5.38. The van der Waals surface area contributed by atoms with Crippen LogP contribution < -0.4 is 31.9 Å². The summed E-state index contributed by atoms with van der Waals surface area (Å²) in [5.74, 6) is 5.35. The van der Waals surface area contributed by atoms with Crippen LogP contribution in [0.5, 0.6) is 5.75 Å². The zero-order valence-corrected chi connectivity index (χ0v) is 20.8. The molecule has 3 aromatic carbocycles. The summed E-state index contributed by atoms with van der Waals surface area (Å²) >= 11 is 0. The quantitative estimate of drug-likeness (QED) is 0.133. The Labute approximate surface area is 227 Å². The summed E-state index contributed by atoms with van der Waals surface area (Å²) in [6.45, 7) is 0.541. The van der Waals surface area contributed by atoms with Crippen LogP contribution in [-0.4, -0.2) is 49.2 Å². The van der Waals surface area contributed by atoms with Crippen molar-refractivity contribution in [1.82, 2.24) is 16.1 Å². The van der Waals surface area contributed by atoms with Gasteiger partial charge in [0.1, 0.15) is 11.8 Å². The molecule has 3 amide bonds. The maximum atomic E-state index is 12.3. The molecular formula is C29H33N5O5. The van der Waals surface area contributed by atoms with Crippen molar-refractivity contribution >= 4 is 23.4 Å². The number of amides is 3. The van der Waals surface area contributed by atoms with Gasteiger partial charge in [0.05, 0.1) is 13.7 Å². The molecule has 10 heteroatoms. The van der Waals surface area contributed by atoms with Crippen LogP contribution in [-0.2, 0) is 16.1 Å². The number of hydroxylamine groups is 1. The highest BCUT2D eigenvalue weighted by molar-refractivity contribution is 5.97. The first kappa shape index (κ1) is 30.5. The first-order valence-corrected chi connectivity index (χ1v) is 11.7. The number of hydrogen-bond donors (Lipinski definition) is 6. The third-order valence-corrected chi connectivity index (χ3v) is 5.38. The summed E-state index contributed by atoms with van der Waals surface area (Å²) in [7, 11) is 1.61. The second-order valence-corrected chi connectivity index (χ2v) is 8.15. The molecule has 0 aliphatic carbocycles. The molecule has 0 heterocycles. The Morgan fingerprint density at radius 1 is 0.974 bits per heavy atom. The lowest BCUT2D eigenvalue weighted by atomic mass is 10.1.